The summed E-state index contributed by atoms with van der Waals surface area (Å²) in [6.45, 7) is 3.49. The van der Waals surface area contributed by atoms with E-state index in [0.717, 1.165) is 13.1 Å². The van der Waals surface area contributed by atoms with Crippen molar-refractivity contribution in [2.75, 3.05) is 13.1 Å². The molecule has 0 bridgehead atoms. The number of rotatable bonds is 0. The van der Waals surface area contributed by atoms with Crippen molar-refractivity contribution >= 4 is 17.8 Å². The first-order chi connectivity index (χ1) is 8.58. The zero-order chi connectivity index (χ0) is 14.8. The SMILES string of the molecule is CC1C(=O)NC(=O)CC12CNC2.O=C(O)C(F)(F)F. The number of halogens is 3. The lowest BCUT2D eigenvalue weighted by atomic mass is 9.67. The smallest absolute Gasteiger partial charge is 0.475 e. The van der Waals surface area contributed by atoms with Gasteiger partial charge in [-0.3, -0.25) is 14.9 Å². The summed E-state index contributed by atoms with van der Waals surface area (Å²) in [5, 5.41) is 12.6. The monoisotopic (exact) mass is 282 g/mol. The number of amides is 2. The summed E-state index contributed by atoms with van der Waals surface area (Å²) in [5.41, 5.74) is -0.0700. The van der Waals surface area contributed by atoms with E-state index < -0.39 is 12.1 Å². The first kappa shape index (κ1) is 15.4. The maximum atomic E-state index is 11.3. The number of aliphatic carboxylic acids is 1. The number of carboxylic acids is 1. The van der Waals surface area contributed by atoms with Crippen LogP contribution < -0.4 is 10.6 Å². The minimum atomic E-state index is -5.08. The van der Waals surface area contributed by atoms with E-state index in [1.54, 1.807) is 0 Å². The third-order valence-corrected chi connectivity index (χ3v) is 3.28. The van der Waals surface area contributed by atoms with Gasteiger partial charge < -0.3 is 10.4 Å². The molecular formula is C10H13F3N2O4. The molecule has 2 fully saturated rings. The summed E-state index contributed by atoms with van der Waals surface area (Å²) < 4.78 is 31.7. The molecule has 0 aromatic rings. The molecule has 3 N–H and O–H groups in total. The van der Waals surface area contributed by atoms with Crippen LogP contribution in [0.2, 0.25) is 0 Å². The Hall–Kier alpha value is -1.64. The quantitative estimate of drug-likeness (QED) is 0.539. The normalized spacial score (nSPS) is 24.9. The van der Waals surface area contributed by atoms with E-state index in [9.17, 15) is 22.8 Å². The average Bonchev–Trinajstić information content (AvgIpc) is 2.20. The fraction of sp³-hybridized carbons (Fsp3) is 0.700. The van der Waals surface area contributed by atoms with Gasteiger partial charge in [-0.2, -0.15) is 13.2 Å². The fourth-order valence-electron chi connectivity index (χ4n) is 1.92. The summed E-state index contributed by atoms with van der Waals surface area (Å²) in [7, 11) is 0. The molecule has 2 aliphatic rings. The van der Waals surface area contributed by atoms with Gasteiger partial charge in [-0.25, -0.2) is 4.79 Å². The topological polar surface area (TPSA) is 95.5 Å². The second kappa shape index (κ2) is 5.16. The van der Waals surface area contributed by atoms with Crippen molar-refractivity contribution < 1.29 is 32.7 Å². The van der Waals surface area contributed by atoms with Gasteiger partial charge in [-0.05, 0) is 0 Å². The van der Waals surface area contributed by atoms with Crippen molar-refractivity contribution in [3.63, 3.8) is 0 Å². The van der Waals surface area contributed by atoms with Crippen molar-refractivity contribution in [1.29, 1.82) is 0 Å². The molecule has 6 nitrogen and oxygen atoms in total. The molecule has 0 saturated carbocycles. The molecule has 0 aromatic carbocycles. The van der Waals surface area contributed by atoms with Gasteiger partial charge in [0.1, 0.15) is 0 Å². The van der Waals surface area contributed by atoms with Gasteiger partial charge in [0.15, 0.2) is 0 Å². The highest BCUT2D eigenvalue weighted by molar-refractivity contribution is 5.99. The molecular weight excluding hydrogens is 269 g/mol. The van der Waals surface area contributed by atoms with Crippen LogP contribution in [0.1, 0.15) is 13.3 Å². The molecule has 0 aromatic heterocycles. The van der Waals surface area contributed by atoms with Gasteiger partial charge >= 0.3 is 12.1 Å². The van der Waals surface area contributed by atoms with Crippen LogP contribution in [0.4, 0.5) is 13.2 Å². The Bertz CT molecular complexity index is 404. The lowest BCUT2D eigenvalue weighted by Crippen LogP contribution is -2.64. The highest BCUT2D eigenvalue weighted by atomic mass is 19.4. The van der Waals surface area contributed by atoms with Gasteiger partial charge in [0.2, 0.25) is 11.8 Å². The summed E-state index contributed by atoms with van der Waals surface area (Å²) in [5.74, 6) is -3.03. The number of carbonyl (C=O) groups excluding carboxylic acids is 2. The number of carbonyl (C=O) groups is 3. The molecule has 2 rings (SSSR count). The standard InChI is InChI=1S/C8H12N2O2.C2HF3O2/c1-5-7(12)10-6(11)2-8(5)3-9-4-8;3-2(4,5)1(6)7/h5,9H,2-4H2,1H3,(H,10,11,12);(H,6,7). The Morgan fingerprint density at radius 3 is 2.16 bits per heavy atom. The van der Waals surface area contributed by atoms with Gasteiger partial charge in [0.25, 0.3) is 0 Å². The maximum Gasteiger partial charge on any atom is 0.490 e. The Morgan fingerprint density at radius 2 is 1.84 bits per heavy atom. The van der Waals surface area contributed by atoms with Crippen molar-refractivity contribution in [3.8, 4) is 0 Å². The van der Waals surface area contributed by atoms with E-state index in [4.69, 9.17) is 9.90 Å². The number of carboxylic acid groups (broad SMARTS) is 1. The van der Waals surface area contributed by atoms with E-state index >= 15 is 0 Å². The minimum absolute atomic E-state index is 0.0311. The number of hydrogen-bond donors (Lipinski definition) is 3. The van der Waals surface area contributed by atoms with E-state index in [1.807, 2.05) is 6.92 Å². The minimum Gasteiger partial charge on any atom is -0.475 e. The average molecular weight is 282 g/mol. The number of hydrogen-bond acceptors (Lipinski definition) is 4. The zero-order valence-electron chi connectivity index (χ0n) is 10.0. The van der Waals surface area contributed by atoms with Gasteiger partial charge in [-0.15, -0.1) is 0 Å². The van der Waals surface area contributed by atoms with Crippen LogP contribution in [0.15, 0.2) is 0 Å². The van der Waals surface area contributed by atoms with Crippen molar-refractivity contribution in [2.45, 2.75) is 19.5 Å². The molecule has 0 radical (unpaired) electrons. The third kappa shape index (κ3) is 3.43. The molecule has 19 heavy (non-hydrogen) atoms. The van der Waals surface area contributed by atoms with E-state index in [-0.39, 0.29) is 23.1 Å². The molecule has 1 atom stereocenters. The van der Waals surface area contributed by atoms with E-state index in [1.165, 1.54) is 0 Å². The number of nitrogens with one attached hydrogen (secondary N) is 2. The Kier molecular flexibility index (Phi) is 4.18. The predicted molar refractivity (Wildman–Crippen MR) is 55.9 cm³/mol. The lowest BCUT2D eigenvalue weighted by molar-refractivity contribution is -0.192. The summed E-state index contributed by atoms with van der Waals surface area (Å²) in [6.07, 6.45) is -4.59. The molecule has 0 aliphatic carbocycles. The molecule has 2 aliphatic heterocycles. The van der Waals surface area contributed by atoms with Crippen LogP contribution in [0.3, 0.4) is 0 Å². The molecule has 2 amide bonds. The predicted octanol–water partition coefficient (Wildman–Crippen LogP) is -0.108. The van der Waals surface area contributed by atoms with E-state index in [0.29, 0.717) is 6.42 Å². The zero-order valence-corrected chi connectivity index (χ0v) is 10.0. The largest absolute Gasteiger partial charge is 0.490 e. The van der Waals surface area contributed by atoms with E-state index in [2.05, 4.69) is 10.6 Å². The molecule has 9 heteroatoms. The first-order valence-corrected chi connectivity index (χ1v) is 5.43. The summed E-state index contributed by atoms with van der Waals surface area (Å²) >= 11 is 0. The van der Waals surface area contributed by atoms with Crippen LogP contribution in [0.25, 0.3) is 0 Å². The van der Waals surface area contributed by atoms with Crippen molar-refractivity contribution in [2.24, 2.45) is 11.3 Å². The van der Waals surface area contributed by atoms with Gasteiger partial charge in [-0.1, -0.05) is 6.92 Å². The number of alkyl halides is 3. The second-order valence-electron chi connectivity index (χ2n) is 4.58. The number of piperidine rings is 1. The molecule has 108 valence electrons. The summed E-state index contributed by atoms with van der Waals surface area (Å²) in [6, 6.07) is 0. The Balaban J connectivity index is 0.000000224. The van der Waals surface area contributed by atoms with Crippen LogP contribution in [-0.2, 0) is 14.4 Å². The highest BCUT2D eigenvalue weighted by Gasteiger charge is 2.49. The fourth-order valence-corrected chi connectivity index (χ4v) is 1.92. The molecule has 1 spiro atoms. The Morgan fingerprint density at radius 1 is 1.37 bits per heavy atom. The third-order valence-electron chi connectivity index (χ3n) is 3.28. The van der Waals surface area contributed by atoms with Crippen molar-refractivity contribution in [3.05, 3.63) is 0 Å². The Labute approximate surface area is 106 Å². The van der Waals surface area contributed by atoms with Gasteiger partial charge in [0.05, 0.1) is 0 Å². The highest BCUT2D eigenvalue weighted by Crippen LogP contribution is 2.38. The molecule has 2 heterocycles. The summed E-state index contributed by atoms with van der Waals surface area (Å²) in [4.78, 5) is 31.2. The van der Waals surface area contributed by atoms with Crippen LogP contribution in [-0.4, -0.2) is 42.2 Å². The first-order valence-electron chi connectivity index (χ1n) is 5.43. The van der Waals surface area contributed by atoms with Crippen molar-refractivity contribution in [1.82, 2.24) is 10.6 Å². The number of imide groups is 1. The van der Waals surface area contributed by atoms with Gasteiger partial charge in [0, 0.05) is 30.8 Å². The van der Waals surface area contributed by atoms with Crippen LogP contribution in [0.5, 0.6) is 0 Å². The van der Waals surface area contributed by atoms with Crippen LogP contribution >= 0.6 is 0 Å². The maximum absolute atomic E-state index is 11.3. The van der Waals surface area contributed by atoms with Crippen LogP contribution in [0, 0.1) is 11.3 Å². The second-order valence-corrected chi connectivity index (χ2v) is 4.58. The molecule has 2 saturated heterocycles. The molecule has 1 unspecified atom stereocenters. The lowest BCUT2D eigenvalue weighted by Gasteiger charge is -2.48.